The largest absolute Gasteiger partial charge is 0.397 e. The van der Waals surface area contributed by atoms with E-state index in [0.29, 0.717) is 0 Å². The van der Waals surface area contributed by atoms with Crippen LogP contribution in [0.2, 0.25) is 0 Å². The summed E-state index contributed by atoms with van der Waals surface area (Å²) in [6.07, 6.45) is -8.37. The zero-order valence-electron chi connectivity index (χ0n) is 5.54. The molecule has 0 N–H and O–H groups in total. The van der Waals surface area contributed by atoms with Gasteiger partial charge in [0.1, 0.15) is 5.38 Å². The van der Waals surface area contributed by atoms with E-state index in [1.54, 1.807) is 0 Å². The van der Waals surface area contributed by atoms with Gasteiger partial charge in [0.25, 0.3) is 12.1 Å². The van der Waals surface area contributed by atoms with Crippen molar-refractivity contribution in [2.45, 2.75) is 23.6 Å². The number of halogens is 6. The first-order valence-corrected chi connectivity index (χ1v) is 3.39. The van der Waals surface area contributed by atoms with Gasteiger partial charge in [-0.3, -0.25) is 0 Å². The van der Waals surface area contributed by atoms with E-state index >= 15 is 0 Å². The lowest BCUT2D eigenvalue weighted by molar-refractivity contribution is -0.290. The quantitative estimate of drug-likeness (QED) is 0.476. The van der Waals surface area contributed by atoms with Crippen molar-refractivity contribution in [2.24, 2.45) is 0 Å². The third kappa shape index (κ3) is 1.08. The van der Waals surface area contributed by atoms with Crippen molar-refractivity contribution in [1.29, 1.82) is 0 Å². The maximum atomic E-state index is 12.8. The Morgan fingerprint density at radius 1 is 1.33 bits per heavy atom. The Morgan fingerprint density at radius 3 is 2.00 bits per heavy atom. The van der Waals surface area contributed by atoms with Gasteiger partial charge in [0, 0.05) is 0 Å². The molecule has 1 fully saturated rings. The highest BCUT2D eigenvalue weighted by Gasteiger charge is 2.71. The SMILES string of the molecule is FC(F)C1(F)C(Cl)COC1(F)F. The molecule has 0 bridgehead atoms. The Morgan fingerprint density at radius 2 is 1.83 bits per heavy atom. The normalized spacial score (nSPS) is 40.8. The van der Waals surface area contributed by atoms with Crippen LogP contribution in [0.4, 0.5) is 22.0 Å². The van der Waals surface area contributed by atoms with Crippen molar-refractivity contribution in [3.8, 4) is 0 Å². The van der Waals surface area contributed by atoms with Crippen LogP contribution in [0.3, 0.4) is 0 Å². The van der Waals surface area contributed by atoms with E-state index in [4.69, 9.17) is 11.6 Å². The van der Waals surface area contributed by atoms with Crippen molar-refractivity contribution < 1.29 is 26.7 Å². The van der Waals surface area contributed by atoms with Gasteiger partial charge >= 0.3 is 6.11 Å². The minimum absolute atomic E-state index is 0.921. The van der Waals surface area contributed by atoms with Crippen LogP contribution in [-0.4, -0.2) is 30.2 Å². The standard InChI is InChI=1S/C5H4ClF5O/c6-2-1-12-5(10,11)4(2,9)3(7)8/h2-3H,1H2. The Hall–Kier alpha value is -0.100. The van der Waals surface area contributed by atoms with Crippen molar-refractivity contribution in [2.75, 3.05) is 6.61 Å². The van der Waals surface area contributed by atoms with E-state index in [0.717, 1.165) is 0 Å². The maximum Gasteiger partial charge on any atom is 0.397 e. The molecule has 12 heavy (non-hydrogen) atoms. The summed E-state index contributed by atoms with van der Waals surface area (Å²) in [7, 11) is 0. The van der Waals surface area contributed by atoms with Gasteiger partial charge in [-0.15, -0.1) is 11.6 Å². The van der Waals surface area contributed by atoms with Gasteiger partial charge in [-0.05, 0) is 0 Å². The number of rotatable bonds is 1. The van der Waals surface area contributed by atoms with Crippen molar-refractivity contribution in [1.82, 2.24) is 0 Å². The molecule has 0 spiro atoms. The van der Waals surface area contributed by atoms with E-state index in [1.165, 1.54) is 0 Å². The molecule has 1 aliphatic rings. The van der Waals surface area contributed by atoms with Gasteiger partial charge in [0.05, 0.1) is 6.61 Å². The van der Waals surface area contributed by atoms with Crippen LogP contribution in [-0.2, 0) is 4.74 Å². The molecular weight excluding hydrogens is 206 g/mol. The molecule has 0 aromatic carbocycles. The van der Waals surface area contributed by atoms with Gasteiger partial charge in [0.2, 0.25) is 0 Å². The average Bonchev–Trinajstić information content (AvgIpc) is 2.15. The molecule has 2 unspecified atom stereocenters. The topological polar surface area (TPSA) is 9.23 Å². The molecule has 0 aromatic heterocycles. The van der Waals surface area contributed by atoms with Crippen LogP contribution in [0.15, 0.2) is 0 Å². The highest BCUT2D eigenvalue weighted by atomic mass is 35.5. The maximum absolute atomic E-state index is 12.8. The Kier molecular flexibility index (Phi) is 2.24. The monoisotopic (exact) mass is 210 g/mol. The van der Waals surface area contributed by atoms with Gasteiger partial charge in [-0.1, -0.05) is 0 Å². The zero-order valence-corrected chi connectivity index (χ0v) is 6.29. The summed E-state index contributed by atoms with van der Waals surface area (Å²) in [5.41, 5.74) is -4.07. The summed E-state index contributed by atoms with van der Waals surface area (Å²) in [6, 6.07) is 0. The van der Waals surface area contributed by atoms with Gasteiger partial charge < -0.3 is 4.74 Å². The van der Waals surface area contributed by atoms with E-state index in [9.17, 15) is 22.0 Å². The molecule has 1 saturated heterocycles. The summed E-state index contributed by atoms with van der Waals surface area (Å²) in [5.74, 6) is 0. The molecule has 7 heteroatoms. The van der Waals surface area contributed by atoms with E-state index in [2.05, 4.69) is 4.74 Å². The molecule has 1 nitrogen and oxygen atoms in total. The number of ether oxygens (including phenoxy) is 1. The van der Waals surface area contributed by atoms with Gasteiger partial charge in [-0.2, -0.15) is 8.78 Å². The predicted octanol–water partition coefficient (Wildman–Crippen LogP) is 2.19. The first-order chi connectivity index (χ1) is 5.32. The highest BCUT2D eigenvalue weighted by Crippen LogP contribution is 2.48. The van der Waals surface area contributed by atoms with E-state index < -0.39 is 30.2 Å². The molecule has 1 aliphatic heterocycles. The Bertz CT molecular complexity index is 187. The molecule has 1 heterocycles. The third-order valence-electron chi connectivity index (χ3n) is 1.63. The lowest BCUT2D eigenvalue weighted by Crippen LogP contribution is -2.51. The molecule has 0 aliphatic carbocycles. The minimum atomic E-state index is -4.51. The Labute approximate surface area is 69.4 Å². The first-order valence-electron chi connectivity index (χ1n) is 2.95. The third-order valence-corrected chi connectivity index (χ3v) is 2.07. The molecule has 1 rings (SSSR count). The van der Waals surface area contributed by atoms with Crippen molar-refractivity contribution in [3.63, 3.8) is 0 Å². The summed E-state index contributed by atoms with van der Waals surface area (Å²) >= 11 is 4.94. The summed E-state index contributed by atoms with van der Waals surface area (Å²) < 4.78 is 64.7. The molecule has 0 saturated carbocycles. The lowest BCUT2D eigenvalue weighted by atomic mass is 10.0. The molecule has 0 radical (unpaired) electrons. The predicted molar refractivity (Wildman–Crippen MR) is 30.4 cm³/mol. The van der Waals surface area contributed by atoms with Crippen molar-refractivity contribution in [3.05, 3.63) is 0 Å². The summed E-state index contributed by atoms with van der Waals surface area (Å²) in [4.78, 5) is 0. The van der Waals surface area contributed by atoms with E-state index in [-0.39, 0.29) is 0 Å². The fourth-order valence-electron chi connectivity index (χ4n) is 0.856. The molecule has 72 valence electrons. The number of hydrogen-bond acceptors (Lipinski definition) is 1. The number of alkyl halides is 6. The molecular formula is C5H4ClF5O. The summed E-state index contributed by atoms with van der Waals surface area (Å²) in [6.45, 7) is -0.921. The smallest absolute Gasteiger partial charge is 0.316 e. The van der Waals surface area contributed by atoms with Crippen molar-refractivity contribution >= 4 is 11.6 Å². The fraction of sp³-hybridized carbons (Fsp3) is 1.00. The van der Waals surface area contributed by atoms with Gasteiger partial charge in [-0.25, -0.2) is 13.2 Å². The second-order valence-electron chi connectivity index (χ2n) is 2.36. The fourth-order valence-corrected chi connectivity index (χ4v) is 1.14. The van der Waals surface area contributed by atoms with E-state index in [1.807, 2.05) is 0 Å². The zero-order chi connectivity index (χ0) is 9.57. The van der Waals surface area contributed by atoms with Crippen LogP contribution >= 0.6 is 11.6 Å². The second-order valence-corrected chi connectivity index (χ2v) is 2.89. The average molecular weight is 211 g/mol. The van der Waals surface area contributed by atoms with Gasteiger partial charge in [0.15, 0.2) is 0 Å². The molecule has 2 atom stereocenters. The summed E-state index contributed by atoms with van der Waals surface area (Å²) in [5, 5.41) is -2.02. The molecule has 0 aromatic rings. The van der Waals surface area contributed by atoms with Crippen LogP contribution < -0.4 is 0 Å². The van der Waals surface area contributed by atoms with Crippen LogP contribution in [0, 0.1) is 0 Å². The van der Waals surface area contributed by atoms with Crippen LogP contribution in [0.5, 0.6) is 0 Å². The number of hydrogen-bond donors (Lipinski definition) is 0. The second kappa shape index (κ2) is 2.70. The molecule has 0 amide bonds. The van der Waals surface area contributed by atoms with Crippen LogP contribution in [0.1, 0.15) is 0 Å². The van der Waals surface area contributed by atoms with Crippen LogP contribution in [0.25, 0.3) is 0 Å². The highest BCUT2D eigenvalue weighted by molar-refractivity contribution is 6.21. The minimum Gasteiger partial charge on any atom is -0.316 e. The lowest BCUT2D eigenvalue weighted by Gasteiger charge is -2.25. The first kappa shape index (κ1) is 9.98. The Balaban J connectivity index is 2.97.